The van der Waals surface area contributed by atoms with Gasteiger partial charge >= 0.3 is 0 Å². The van der Waals surface area contributed by atoms with Crippen molar-refractivity contribution in [1.82, 2.24) is 15.1 Å². The van der Waals surface area contributed by atoms with Crippen molar-refractivity contribution in [1.29, 1.82) is 0 Å². The molecule has 1 heterocycles. The lowest BCUT2D eigenvalue weighted by atomic mass is 10.1. The highest BCUT2D eigenvalue weighted by molar-refractivity contribution is 7.99. The second-order valence-electron chi connectivity index (χ2n) is 6.93. The Kier molecular flexibility index (Phi) is 8.45. The second-order valence-corrected chi connectivity index (χ2v) is 8.02. The highest BCUT2D eigenvalue weighted by Gasteiger charge is 2.15. The first kappa shape index (κ1) is 18.8. The number of nitrogens with zero attached hydrogens (tertiary/aromatic N) is 2. The molecule has 23 heavy (non-hydrogen) atoms. The quantitative estimate of drug-likeness (QED) is 0.698. The lowest BCUT2D eigenvalue weighted by molar-refractivity contribution is 0.151. The summed E-state index contributed by atoms with van der Waals surface area (Å²) in [5, 5.41) is 3.75. The number of nitrogens with one attached hydrogen (secondary N) is 1. The van der Waals surface area contributed by atoms with Gasteiger partial charge in [0.2, 0.25) is 0 Å². The van der Waals surface area contributed by atoms with Crippen LogP contribution in [0, 0.1) is 0 Å². The van der Waals surface area contributed by atoms with Crippen molar-refractivity contribution in [2.24, 2.45) is 0 Å². The molecule has 4 heteroatoms. The molecule has 3 nitrogen and oxygen atoms in total. The lowest BCUT2D eigenvalue weighted by Gasteiger charge is -2.32. The average Bonchev–Trinajstić information content (AvgIpc) is 2.55. The minimum atomic E-state index is 0.556. The predicted octanol–water partition coefficient (Wildman–Crippen LogP) is 3.17. The molecule has 1 N–H and O–H groups in total. The lowest BCUT2D eigenvalue weighted by Crippen LogP contribution is -2.45. The molecular formula is C19H33N3S. The summed E-state index contributed by atoms with van der Waals surface area (Å²) >= 11 is 1.97. The first-order valence-electron chi connectivity index (χ1n) is 8.98. The van der Waals surface area contributed by atoms with Gasteiger partial charge in [-0.2, -0.15) is 0 Å². The van der Waals surface area contributed by atoms with Crippen LogP contribution in [0.4, 0.5) is 0 Å². The first-order chi connectivity index (χ1) is 11.1. The van der Waals surface area contributed by atoms with Gasteiger partial charge in [-0.15, -0.1) is 11.8 Å². The molecule has 0 radical (unpaired) electrons. The SMILES string of the molecule is CC(C)N[C@H](CCCN1CCN(C)CC1)CSc1ccccc1. The molecule has 0 amide bonds. The fourth-order valence-electron chi connectivity index (χ4n) is 3.03. The number of hydrogen-bond acceptors (Lipinski definition) is 4. The van der Waals surface area contributed by atoms with E-state index in [9.17, 15) is 0 Å². The standard InChI is InChI=1S/C19H33N3S/c1-17(2)20-18(16-23-19-9-5-4-6-10-19)8-7-11-22-14-12-21(3)13-15-22/h4-6,9-10,17-18,20H,7-8,11-16H2,1-3H3/t18-/m1/s1. The maximum absolute atomic E-state index is 3.75. The Morgan fingerprint density at radius 1 is 1.09 bits per heavy atom. The van der Waals surface area contributed by atoms with E-state index in [0.717, 1.165) is 5.75 Å². The van der Waals surface area contributed by atoms with E-state index < -0.39 is 0 Å². The molecule has 0 saturated carbocycles. The van der Waals surface area contributed by atoms with E-state index >= 15 is 0 Å². The summed E-state index contributed by atoms with van der Waals surface area (Å²) < 4.78 is 0. The molecule has 0 spiro atoms. The highest BCUT2D eigenvalue weighted by atomic mass is 32.2. The van der Waals surface area contributed by atoms with E-state index in [-0.39, 0.29) is 0 Å². The highest BCUT2D eigenvalue weighted by Crippen LogP contribution is 2.19. The molecule has 1 aliphatic heterocycles. The van der Waals surface area contributed by atoms with Gasteiger partial charge in [-0.3, -0.25) is 0 Å². The monoisotopic (exact) mass is 335 g/mol. The van der Waals surface area contributed by atoms with Crippen LogP contribution >= 0.6 is 11.8 Å². The normalized spacial score (nSPS) is 18.4. The molecule has 2 rings (SSSR count). The number of piperazine rings is 1. The number of likely N-dealkylation sites (N-methyl/N-ethyl adjacent to an activating group) is 1. The summed E-state index contributed by atoms with van der Waals surface area (Å²) in [7, 11) is 2.22. The van der Waals surface area contributed by atoms with E-state index in [2.05, 4.69) is 66.3 Å². The van der Waals surface area contributed by atoms with Crippen molar-refractivity contribution in [3.8, 4) is 0 Å². The summed E-state index contributed by atoms with van der Waals surface area (Å²) in [5.74, 6) is 1.16. The molecule has 0 unspecified atom stereocenters. The molecule has 1 aromatic rings. The molecule has 1 saturated heterocycles. The van der Waals surface area contributed by atoms with Crippen molar-refractivity contribution in [2.45, 2.75) is 43.7 Å². The number of rotatable bonds is 9. The minimum Gasteiger partial charge on any atom is -0.311 e. The van der Waals surface area contributed by atoms with Crippen LogP contribution in [0.3, 0.4) is 0 Å². The van der Waals surface area contributed by atoms with Gasteiger partial charge in [-0.25, -0.2) is 0 Å². The molecule has 1 aromatic carbocycles. The van der Waals surface area contributed by atoms with Gasteiger partial charge < -0.3 is 15.1 Å². The Morgan fingerprint density at radius 3 is 2.43 bits per heavy atom. The summed E-state index contributed by atoms with van der Waals surface area (Å²) in [6.07, 6.45) is 2.56. The van der Waals surface area contributed by atoms with Crippen LogP contribution in [0.5, 0.6) is 0 Å². The molecule has 0 aromatic heterocycles. The topological polar surface area (TPSA) is 18.5 Å². The van der Waals surface area contributed by atoms with Crippen LogP contribution in [0.1, 0.15) is 26.7 Å². The Balaban J connectivity index is 1.70. The second kappa shape index (κ2) is 10.3. The molecular weight excluding hydrogens is 302 g/mol. The summed E-state index contributed by atoms with van der Waals surface area (Å²) in [5.41, 5.74) is 0. The van der Waals surface area contributed by atoms with Gasteiger partial charge in [0, 0.05) is 48.9 Å². The average molecular weight is 336 g/mol. The third-order valence-electron chi connectivity index (χ3n) is 4.39. The van der Waals surface area contributed by atoms with Crippen LogP contribution < -0.4 is 5.32 Å². The molecule has 1 atom stereocenters. The third-order valence-corrected chi connectivity index (χ3v) is 5.56. The number of benzene rings is 1. The van der Waals surface area contributed by atoms with Crippen molar-refractivity contribution in [3.05, 3.63) is 30.3 Å². The summed E-state index contributed by atoms with van der Waals surface area (Å²) in [6, 6.07) is 11.9. The predicted molar refractivity (Wildman–Crippen MR) is 102 cm³/mol. The van der Waals surface area contributed by atoms with Crippen molar-refractivity contribution in [3.63, 3.8) is 0 Å². The van der Waals surface area contributed by atoms with Crippen molar-refractivity contribution in [2.75, 3.05) is 45.5 Å². The molecule has 1 fully saturated rings. The van der Waals surface area contributed by atoms with E-state index in [1.165, 1.54) is 50.5 Å². The zero-order valence-electron chi connectivity index (χ0n) is 15.0. The fraction of sp³-hybridized carbons (Fsp3) is 0.684. The van der Waals surface area contributed by atoms with Gasteiger partial charge in [-0.1, -0.05) is 32.0 Å². The largest absolute Gasteiger partial charge is 0.311 e. The zero-order valence-corrected chi connectivity index (χ0v) is 15.8. The van der Waals surface area contributed by atoms with E-state index in [4.69, 9.17) is 0 Å². The van der Waals surface area contributed by atoms with Gasteiger partial charge in [0.1, 0.15) is 0 Å². The van der Waals surface area contributed by atoms with Gasteiger partial charge in [0.25, 0.3) is 0 Å². The van der Waals surface area contributed by atoms with E-state index in [1.807, 2.05) is 11.8 Å². The Morgan fingerprint density at radius 2 is 1.78 bits per heavy atom. The van der Waals surface area contributed by atoms with Crippen molar-refractivity contribution < 1.29 is 0 Å². The third kappa shape index (κ3) is 7.71. The van der Waals surface area contributed by atoms with Gasteiger partial charge in [-0.05, 0) is 38.6 Å². The first-order valence-corrected chi connectivity index (χ1v) is 9.97. The molecule has 130 valence electrons. The Hall–Kier alpha value is -0.550. The maximum Gasteiger partial charge on any atom is 0.0164 e. The fourth-order valence-corrected chi connectivity index (χ4v) is 4.04. The van der Waals surface area contributed by atoms with E-state index in [1.54, 1.807) is 0 Å². The summed E-state index contributed by atoms with van der Waals surface area (Å²) in [4.78, 5) is 6.43. The number of hydrogen-bond donors (Lipinski definition) is 1. The van der Waals surface area contributed by atoms with E-state index in [0.29, 0.717) is 12.1 Å². The van der Waals surface area contributed by atoms with Crippen molar-refractivity contribution >= 4 is 11.8 Å². The maximum atomic E-state index is 3.75. The zero-order chi connectivity index (χ0) is 16.5. The van der Waals surface area contributed by atoms with Crippen LogP contribution in [0.15, 0.2) is 35.2 Å². The molecule has 1 aliphatic rings. The van der Waals surface area contributed by atoms with Crippen LogP contribution in [-0.4, -0.2) is 67.4 Å². The summed E-state index contributed by atoms with van der Waals surface area (Å²) in [6.45, 7) is 10.7. The van der Waals surface area contributed by atoms with Gasteiger partial charge in [0.15, 0.2) is 0 Å². The number of thioether (sulfide) groups is 1. The van der Waals surface area contributed by atoms with Crippen LogP contribution in [0.25, 0.3) is 0 Å². The van der Waals surface area contributed by atoms with Crippen LogP contribution in [0.2, 0.25) is 0 Å². The smallest absolute Gasteiger partial charge is 0.0164 e. The Bertz CT molecular complexity index is 416. The van der Waals surface area contributed by atoms with Gasteiger partial charge in [0.05, 0.1) is 0 Å². The molecule has 0 bridgehead atoms. The van der Waals surface area contributed by atoms with Crippen LogP contribution in [-0.2, 0) is 0 Å². The minimum absolute atomic E-state index is 0.556. The Labute approximate surface area is 146 Å². The molecule has 0 aliphatic carbocycles.